The third kappa shape index (κ3) is 6.47. The Morgan fingerprint density at radius 3 is 1.24 bits per heavy atom. The van der Waals surface area contributed by atoms with Gasteiger partial charge in [0, 0.05) is 16.8 Å². The monoisotopic (exact) mass is 667 g/mol. The van der Waals surface area contributed by atoms with Crippen molar-refractivity contribution in [2.45, 2.75) is 52.4 Å². The Morgan fingerprint density at radius 1 is 0.512 bits per heavy atom. The van der Waals surface area contributed by atoms with Crippen LogP contribution in [0.2, 0.25) is 0 Å². The molecule has 0 bridgehead atoms. The number of hydrogen-bond acceptors (Lipinski definition) is 3. The number of pyridine rings is 2. The SMILES string of the molecule is CC(C)(C)c1cc(N(c2ccc(-c3ccccc3)c(Br)n2)c2ccc(-c3ccccc3)c(Br)n2)cc(C(C)(C)C)c1. The van der Waals surface area contributed by atoms with Crippen molar-refractivity contribution in [1.29, 1.82) is 0 Å². The van der Waals surface area contributed by atoms with Crippen molar-refractivity contribution in [2.24, 2.45) is 0 Å². The van der Waals surface area contributed by atoms with Gasteiger partial charge in [-0.2, -0.15) is 0 Å². The second-order valence-electron chi connectivity index (χ2n) is 12.4. The van der Waals surface area contributed by atoms with E-state index in [-0.39, 0.29) is 10.8 Å². The van der Waals surface area contributed by atoms with Crippen molar-refractivity contribution < 1.29 is 0 Å². The van der Waals surface area contributed by atoms with Gasteiger partial charge in [0.2, 0.25) is 0 Å². The summed E-state index contributed by atoms with van der Waals surface area (Å²) in [4.78, 5) is 12.3. The van der Waals surface area contributed by atoms with E-state index in [2.05, 4.69) is 145 Å². The number of hydrogen-bond donors (Lipinski definition) is 0. The van der Waals surface area contributed by atoms with Crippen LogP contribution in [-0.4, -0.2) is 9.97 Å². The van der Waals surface area contributed by atoms with E-state index < -0.39 is 0 Å². The maximum Gasteiger partial charge on any atom is 0.140 e. The Morgan fingerprint density at radius 2 is 0.902 bits per heavy atom. The highest BCUT2D eigenvalue weighted by Crippen LogP contribution is 2.41. The second-order valence-corrected chi connectivity index (χ2v) is 13.9. The Hall–Kier alpha value is -3.28. The van der Waals surface area contributed by atoms with E-state index in [0.29, 0.717) is 0 Å². The molecule has 0 radical (unpaired) electrons. The van der Waals surface area contributed by atoms with Gasteiger partial charge >= 0.3 is 0 Å². The minimum atomic E-state index is -0.0297. The second kappa shape index (κ2) is 11.5. The molecule has 208 valence electrons. The fraction of sp³-hybridized carbons (Fsp3) is 0.222. The molecule has 3 nitrogen and oxygen atoms in total. The summed E-state index contributed by atoms with van der Waals surface area (Å²) in [5, 5.41) is 0. The summed E-state index contributed by atoms with van der Waals surface area (Å²) in [5.74, 6) is 1.57. The lowest BCUT2D eigenvalue weighted by molar-refractivity contribution is 0.568. The molecule has 0 aliphatic carbocycles. The molecule has 5 rings (SSSR count). The molecule has 5 aromatic rings. The molecule has 2 heterocycles. The molecule has 3 aromatic carbocycles. The average Bonchev–Trinajstić information content (AvgIpc) is 2.93. The first-order valence-electron chi connectivity index (χ1n) is 13.8. The quantitative estimate of drug-likeness (QED) is 0.174. The lowest BCUT2D eigenvalue weighted by atomic mass is 9.80. The van der Waals surface area contributed by atoms with E-state index in [4.69, 9.17) is 9.97 Å². The third-order valence-corrected chi connectivity index (χ3v) is 8.41. The van der Waals surface area contributed by atoms with Crippen molar-refractivity contribution in [2.75, 3.05) is 4.90 Å². The van der Waals surface area contributed by atoms with Crippen LogP contribution >= 0.6 is 31.9 Å². The molecule has 0 amide bonds. The van der Waals surface area contributed by atoms with Crippen molar-refractivity contribution in [3.8, 4) is 22.3 Å². The predicted octanol–water partition coefficient (Wildman–Crippen LogP) is 11.4. The lowest BCUT2D eigenvalue weighted by Gasteiger charge is -2.30. The Balaban J connectivity index is 1.72. The summed E-state index contributed by atoms with van der Waals surface area (Å²) in [5.41, 5.74) is 7.82. The van der Waals surface area contributed by atoms with Gasteiger partial charge in [0.05, 0.1) is 0 Å². The van der Waals surface area contributed by atoms with Crippen molar-refractivity contribution in [3.05, 3.63) is 123 Å². The molecular weight excluding hydrogens is 634 g/mol. The summed E-state index contributed by atoms with van der Waals surface area (Å²) in [6.45, 7) is 13.6. The average molecular weight is 670 g/mol. The van der Waals surface area contributed by atoms with Crippen LogP contribution in [-0.2, 0) is 10.8 Å². The van der Waals surface area contributed by atoms with Crippen LogP contribution in [0.15, 0.2) is 112 Å². The summed E-state index contributed by atoms with van der Waals surface area (Å²) in [6.07, 6.45) is 0. The van der Waals surface area contributed by atoms with Gasteiger partial charge in [0.15, 0.2) is 0 Å². The predicted molar refractivity (Wildman–Crippen MR) is 180 cm³/mol. The molecule has 2 aromatic heterocycles. The standard InChI is InChI=1S/C36H35Br2N3/c1-35(2,3)26-21-27(36(4,5)6)23-28(22-26)41(31-19-17-29(33(37)39-31)24-13-9-7-10-14-24)32-20-18-30(34(38)40-32)25-15-11-8-12-16-25/h7-23H,1-6H3. The number of benzene rings is 3. The number of nitrogens with zero attached hydrogens (tertiary/aromatic N) is 3. The van der Waals surface area contributed by atoms with Crippen LogP contribution in [0.5, 0.6) is 0 Å². The summed E-state index contributed by atoms with van der Waals surface area (Å²) in [6, 6.07) is 35.9. The van der Waals surface area contributed by atoms with E-state index in [9.17, 15) is 0 Å². The Labute approximate surface area is 261 Å². The van der Waals surface area contributed by atoms with Crippen LogP contribution in [0, 0.1) is 0 Å². The highest BCUT2D eigenvalue weighted by molar-refractivity contribution is 9.10. The highest BCUT2D eigenvalue weighted by atomic mass is 79.9. The first-order chi connectivity index (χ1) is 19.4. The van der Waals surface area contributed by atoms with E-state index in [1.807, 2.05) is 36.4 Å². The van der Waals surface area contributed by atoms with Gasteiger partial charge in [-0.25, -0.2) is 9.97 Å². The molecule has 5 heteroatoms. The van der Waals surface area contributed by atoms with Gasteiger partial charge in [-0.15, -0.1) is 0 Å². The van der Waals surface area contributed by atoms with E-state index in [1.54, 1.807) is 0 Å². The molecule has 41 heavy (non-hydrogen) atoms. The highest BCUT2D eigenvalue weighted by Gasteiger charge is 2.25. The molecule has 0 fully saturated rings. The first kappa shape index (κ1) is 29.2. The smallest absolute Gasteiger partial charge is 0.140 e. The van der Waals surface area contributed by atoms with Gasteiger partial charge in [-0.3, -0.25) is 4.90 Å². The van der Waals surface area contributed by atoms with Crippen molar-refractivity contribution in [3.63, 3.8) is 0 Å². The Kier molecular flexibility index (Phi) is 8.22. The van der Waals surface area contributed by atoms with Gasteiger partial charge in [0.25, 0.3) is 0 Å². The normalized spacial score (nSPS) is 11.9. The zero-order valence-corrected chi connectivity index (χ0v) is 27.6. The minimum absolute atomic E-state index is 0.0297. The summed E-state index contributed by atoms with van der Waals surface area (Å²) in [7, 11) is 0. The zero-order valence-electron chi connectivity index (χ0n) is 24.4. The molecule has 0 spiro atoms. The van der Waals surface area contributed by atoms with Crippen LogP contribution in [0.4, 0.5) is 17.3 Å². The molecule has 0 atom stereocenters. The molecule has 0 aliphatic heterocycles. The maximum absolute atomic E-state index is 5.08. The first-order valence-corrected chi connectivity index (χ1v) is 15.4. The third-order valence-electron chi connectivity index (χ3n) is 7.20. The van der Waals surface area contributed by atoms with E-state index in [1.165, 1.54) is 11.1 Å². The van der Waals surface area contributed by atoms with Crippen LogP contribution in [0.25, 0.3) is 22.3 Å². The molecule has 0 saturated carbocycles. The summed E-state index contributed by atoms with van der Waals surface area (Å²) < 4.78 is 1.57. The molecule has 0 unspecified atom stereocenters. The number of aromatic nitrogens is 2. The van der Waals surface area contributed by atoms with E-state index in [0.717, 1.165) is 48.8 Å². The fourth-order valence-corrected chi connectivity index (χ4v) is 5.84. The molecule has 0 saturated heterocycles. The molecule has 0 aliphatic rings. The van der Waals surface area contributed by atoms with Crippen LogP contribution < -0.4 is 4.90 Å². The summed E-state index contributed by atoms with van der Waals surface area (Å²) >= 11 is 7.56. The largest absolute Gasteiger partial charge is 0.279 e. The van der Waals surface area contributed by atoms with Gasteiger partial charge in [0.1, 0.15) is 20.8 Å². The zero-order chi connectivity index (χ0) is 29.4. The minimum Gasteiger partial charge on any atom is -0.279 e. The Bertz CT molecular complexity index is 1550. The molecule has 0 N–H and O–H groups in total. The topological polar surface area (TPSA) is 29.0 Å². The number of rotatable bonds is 5. The number of anilines is 3. The van der Waals surface area contributed by atoms with Crippen molar-refractivity contribution >= 4 is 49.2 Å². The molecular formula is C36H35Br2N3. The number of halogens is 2. The van der Waals surface area contributed by atoms with Gasteiger partial charge in [-0.1, -0.05) is 108 Å². The fourth-order valence-electron chi connectivity index (χ4n) is 4.75. The van der Waals surface area contributed by atoms with Crippen LogP contribution in [0.3, 0.4) is 0 Å². The van der Waals surface area contributed by atoms with Gasteiger partial charge < -0.3 is 0 Å². The van der Waals surface area contributed by atoms with Gasteiger partial charge in [-0.05, 0) is 101 Å². The van der Waals surface area contributed by atoms with Crippen molar-refractivity contribution in [1.82, 2.24) is 9.97 Å². The lowest BCUT2D eigenvalue weighted by Crippen LogP contribution is -2.20. The van der Waals surface area contributed by atoms with Crippen LogP contribution in [0.1, 0.15) is 52.7 Å². The van der Waals surface area contributed by atoms with E-state index >= 15 is 0 Å². The maximum atomic E-state index is 5.08.